The van der Waals surface area contributed by atoms with Crippen LogP contribution in [0.15, 0.2) is 30.3 Å². The van der Waals surface area contributed by atoms with Gasteiger partial charge in [0.1, 0.15) is 17.2 Å². The van der Waals surface area contributed by atoms with E-state index in [9.17, 15) is 19.2 Å². The number of rotatable bonds is 40. The van der Waals surface area contributed by atoms with Gasteiger partial charge in [0.15, 0.2) is 0 Å². The second kappa shape index (κ2) is 37.0. The number of hydrogen-bond donors (Lipinski definition) is 4. The molecule has 64 heavy (non-hydrogen) atoms. The van der Waals surface area contributed by atoms with Crippen LogP contribution in [-0.2, 0) is 4.79 Å². The summed E-state index contributed by atoms with van der Waals surface area (Å²) in [5, 5.41) is 11.6. The van der Waals surface area contributed by atoms with Crippen LogP contribution in [0.1, 0.15) is 233 Å². The summed E-state index contributed by atoms with van der Waals surface area (Å²) in [6.45, 7) is 13.0. The summed E-state index contributed by atoms with van der Waals surface area (Å²) in [7, 11) is 0. The molecule has 0 fully saturated rings. The second-order valence-electron chi connectivity index (χ2n) is 17.3. The quantitative estimate of drug-likeness (QED) is 0.0488. The van der Waals surface area contributed by atoms with Crippen molar-refractivity contribution < 1.29 is 33.4 Å². The lowest BCUT2D eigenvalue weighted by Crippen LogP contribution is -2.33. The van der Waals surface area contributed by atoms with Crippen molar-refractivity contribution in [3.63, 3.8) is 0 Å². The molecule has 0 bridgehead atoms. The summed E-state index contributed by atoms with van der Waals surface area (Å²) >= 11 is 0. The molecule has 0 aliphatic heterocycles. The summed E-state index contributed by atoms with van der Waals surface area (Å²) < 4.78 is 18.6. The molecule has 0 atom stereocenters. The van der Waals surface area contributed by atoms with Gasteiger partial charge in [-0.2, -0.15) is 0 Å². The first-order chi connectivity index (χ1) is 31.3. The van der Waals surface area contributed by atoms with Crippen LogP contribution in [0.2, 0.25) is 0 Å². The molecule has 362 valence electrons. The van der Waals surface area contributed by atoms with Crippen molar-refractivity contribution in [1.29, 1.82) is 0 Å². The number of amides is 4. The lowest BCUT2D eigenvalue weighted by Gasteiger charge is -2.18. The minimum atomic E-state index is -0.547. The molecule has 11 heteroatoms. The zero-order chi connectivity index (χ0) is 46.5. The number of carbonyl (C=O) groups excluding carboxylic acids is 4. The molecule has 0 aromatic heterocycles. The van der Waals surface area contributed by atoms with E-state index < -0.39 is 11.8 Å². The van der Waals surface area contributed by atoms with Crippen molar-refractivity contribution in [3.05, 3.63) is 47.0 Å². The van der Waals surface area contributed by atoms with Crippen LogP contribution in [0.5, 0.6) is 17.2 Å². The van der Waals surface area contributed by atoms with Gasteiger partial charge in [-0.1, -0.05) is 169 Å². The predicted octanol–water partition coefficient (Wildman–Crippen LogP) is 12.9. The number of unbranched alkanes of at least 4 members (excludes halogenated alkanes) is 21. The molecule has 4 amide bonds. The lowest BCUT2D eigenvalue weighted by atomic mass is 10.1. The fourth-order valence-electron chi connectivity index (χ4n) is 7.42. The van der Waals surface area contributed by atoms with E-state index >= 15 is 0 Å². The van der Waals surface area contributed by atoms with Crippen molar-refractivity contribution in [2.75, 3.05) is 44.8 Å². The minimum absolute atomic E-state index is 0.159. The maximum atomic E-state index is 14.0. The Morgan fingerprint density at radius 1 is 0.391 bits per heavy atom. The van der Waals surface area contributed by atoms with Crippen LogP contribution < -0.4 is 35.5 Å². The Balaban J connectivity index is 2.28. The van der Waals surface area contributed by atoms with E-state index in [4.69, 9.17) is 14.2 Å². The van der Waals surface area contributed by atoms with E-state index in [0.717, 1.165) is 109 Å². The molecule has 0 saturated heterocycles. The van der Waals surface area contributed by atoms with E-state index in [2.05, 4.69) is 55.9 Å². The SMILES string of the molecule is CCCCCCCCOc1ccc(NC(=O)CNC(=O)c2cc(C(=O)NCCCCCC)c(OCCCCCCCC)cc2OCCCCCCCC)cc1C(=O)NCCCCCC. The van der Waals surface area contributed by atoms with E-state index in [-0.39, 0.29) is 29.5 Å². The third kappa shape index (κ3) is 24.7. The predicted molar refractivity (Wildman–Crippen MR) is 263 cm³/mol. The van der Waals surface area contributed by atoms with Crippen LogP contribution >= 0.6 is 0 Å². The molecule has 0 aliphatic rings. The second-order valence-corrected chi connectivity index (χ2v) is 17.3. The van der Waals surface area contributed by atoms with Crippen LogP contribution in [0.3, 0.4) is 0 Å². The summed E-state index contributed by atoms with van der Waals surface area (Å²) in [5.74, 6) is -0.429. The lowest BCUT2D eigenvalue weighted by molar-refractivity contribution is -0.115. The number of ether oxygens (including phenoxy) is 3. The van der Waals surface area contributed by atoms with E-state index in [1.54, 1.807) is 30.3 Å². The highest BCUT2D eigenvalue weighted by molar-refractivity contribution is 6.05. The van der Waals surface area contributed by atoms with Crippen LogP contribution in [0, 0.1) is 0 Å². The molecule has 2 rings (SSSR count). The largest absolute Gasteiger partial charge is 0.493 e. The molecule has 2 aromatic rings. The molecule has 0 aliphatic carbocycles. The maximum absolute atomic E-state index is 14.0. The van der Waals surface area contributed by atoms with Gasteiger partial charge in [-0.05, 0) is 56.4 Å². The van der Waals surface area contributed by atoms with Gasteiger partial charge in [0.05, 0.1) is 43.1 Å². The average molecular weight is 893 g/mol. The van der Waals surface area contributed by atoms with Crippen molar-refractivity contribution in [2.45, 2.75) is 202 Å². The Labute approximate surface area is 388 Å². The molecule has 0 radical (unpaired) electrons. The third-order valence-corrected chi connectivity index (χ3v) is 11.4. The highest BCUT2D eigenvalue weighted by atomic mass is 16.5. The van der Waals surface area contributed by atoms with Crippen molar-refractivity contribution in [2.24, 2.45) is 0 Å². The Bertz CT molecular complexity index is 1580. The fraction of sp³-hybridized carbons (Fsp3) is 0.698. The molecule has 0 heterocycles. The average Bonchev–Trinajstić information content (AvgIpc) is 3.29. The molecule has 0 saturated carbocycles. The topological polar surface area (TPSA) is 144 Å². The third-order valence-electron chi connectivity index (χ3n) is 11.4. The van der Waals surface area contributed by atoms with Gasteiger partial charge in [0.2, 0.25) is 5.91 Å². The van der Waals surface area contributed by atoms with Crippen molar-refractivity contribution in [3.8, 4) is 17.2 Å². The van der Waals surface area contributed by atoms with Gasteiger partial charge in [0, 0.05) is 24.8 Å². The maximum Gasteiger partial charge on any atom is 0.255 e. The molecule has 0 spiro atoms. The zero-order valence-corrected chi connectivity index (χ0v) is 40.9. The number of carbonyl (C=O) groups is 4. The molecular weight excluding hydrogens is 805 g/mol. The normalized spacial score (nSPS) is 11.0. The Morgan fingerprint density at radius 2 is 0.750 bits per heavy atom. The van der Waals surface area contributed by atoms with Gasteiger partial charge < -0.3 is 35.5 Å². The number of hydrogen-bond acceptors (Lipinski definition) is 7. The first kappa shape index (κ1) is 55.9. The number of benzene rings is 2. The zero-order valence-electron chi connectivity index (χ0n) is 40.9. The Kier molecular flexibility index (Phi) is 32.3. The molecule has 2 aromatic carbocycles. The highest BCUT2D eigenvalue weighted by Crippen LogP contribution is 2.31. The van der Waals surface area contributed by atoms with Crippen molar-refractivity contribution in [1.82, 2.24) is 16.0 Å². The Morgan fingerprint density at radius 3 is 1.19 bits per heavy atom. The van der Waals surface area contributed by atoms with Gasteiger partial charge in [-0.15, -0.1) is 0 Å². The summed E-state index contributed by atoms with van der Waals surface area (Å²) in [6, 6.07) is 8.26. The molecular formula is C53H88N4O7. The standard InChI is InChI=1S/C53H88N4O7/c1-6-11-16-21-24-29-36-62-47-33-32-43(39-44(47)51(59)54-34-27-19-14-9-4)57-50(58)42-56-53(61)46-40-45(52(60)55-35-28-20-15-10-5)48(63-37-30-25-22-17-12-7-2)41-49(46)64-38-31-26-23-18-13-8-3/h32-33,39-41H,6-31,34-38,42H2,1-5H3,(H,54,59)(H,55,60)(H,56,61)(H,57,58). The summed E-state index contributed by atoms with van der Waals surface area (Å²) in [6.07, 6.45) is 28.1. The first-order valence-electron chi connectivity index (χ1n) is 25.6. The van der Waals surface area contributed by atoms with Crippen molar-refractivity contribution >= 4 is 29.3 Å². The first-order valence-corrected chi connectivity index (χ1v) is 25.6. The number of nitrogens with one attached hydrogen (secondary N) is 4. The van der Waals surface area contributed by atoms with Gasteiger partial charge in [-0.25, -0.2) is 0 Å². The molecule has 4 N–H and O–H groups in total. The van der Waals surface area contributed by atoms with Crippen LogP contribution in [0.4, 0.5) is 5.69 Å². The van der Waals surface area contributed by atoms with Crippen LogP contribution in [0.25, 0.3) is 0 Å². The van der Waals surface area contributed by atoms with E-state index in [1.807, 2.05) is 0 Å². The molecule has 0 unspecified atom stereocenters. The Hall–Kier alpha value is -4.28. The monoisotopic (exact) mass is 893 g/mol. The van der Waals surface area contributed by atoms with E-state index in [0.29, 0.717) is 61.4 Å². The van der Waals surface area contributed by atoms with Gasteiger partial charge >= 0.3 is 0 Å². The minimum Gasteiger partial charge on any atom is -0.493 e. The van der Waals surface area contributed by atoms with Crippen LogP contribution in [-0.4, -0.2) is 63.1 Å². The summed E-state index contributed by atoms with van der Waals surface area (Å²) in [5.41, 5.74) is 1.19. The smallest absolute Gasteiger partial charge is 0.255 e. The highest BCUT2D eigenvalue weighted by Gasteiger charge is 2.23. The molecule has 11 nitrogen and oxygen atoms in total. The number of anilines is 1. The van der Waals surface area contributed by atoms with E-state index in [1.165, 1.54) is 57.8 Å². The van der Waals surface area contributed by atoms with Gasteiger partial charge in [-0.3, -0.25) is 19.2 Å². The fourth-order valence-corrected chi connectivity index (χ4v) is 7.42. The summed E-state index contributed by atoms with van der Waals surface area (Å²) in [4.78, 5) is 54.5. The van der Waals surface area contributed by atoms with Gasteiger partial charge in [0.25, 0.3) is 17.7 Å².